The molecule has 1 aromatic heterocycles. The number of nitrogens with zero attached hydrogens (tertiary/aromatic N) is 1. The minimum atomic E-state index is 0.865. The summed E-state index contributed by atoms with van der Waals surface area (Å²) >= 11 is 0. The summed E-state index contributed by atoms with van der Waals surface area (Å²) in [5, 5.41) is 9.54. The molecule has 11 aromatic rings. The van der Waals surface area contributed by atoms with Crippen LogP contribution in [0.25, 0.3) is 87.6 Å². The Hall–Kier alpha value is -7.42. The van der Waals surface area contributed by atoms with Gasteiger partial charge in [-0.1, -0.05) is 170 Å². The van der Waals surface area contributed by atoms with Gasteiger partial charge >= 0.3 is 0 Å². The predicted molar refractivity (Wildman–Crippen MR) is 237 cm³/mol. The number of hydrogen-bond acceptors (Lipinski definition) is 2. The van der Waals surface area contributed by atoms with Crippen LogP contribution in [-0.4, -0.2) is 0 Å². The molecule has 2 heteroatoms. The molecule has 0 saturated carbocycles. The molecule has 262 valence electrons. The second-order valence-corrected chi connectivity index (χ2v) is 14.4. The first-order valence-corrected chi connectivity index (χ1v) is 19.2. The Morgan fingerprint density at radius 1 is 0.321 bits per heavy atom. The van der Waals surface area contributed by atoms with Crippen LogP contribution in [0.4, 0.5) is 17.1 Å². The van der Waals surface area contributed by atoms with E-state index in [1.165, 1.54) is 49.2 Å². The third kappa shape index (κ3) is 5.26. The van der Waals surface area contributed by atoms with Crippen molar-refractivity contribution in [2.45, 2.75) is 0 Å². The molecule has 0 saturated heterocycles. The molecule has 0 aliphatic rings. The maximum absolute atomic E-state index is 6.71. The Kier molecular flexibility index (Phi) is 7.53. The zero-order chi connectivity index (χ0) is 37.0. The van der Waals surface area contributed by atoms with Gasteiger partial charge in [-0.2, -0.15) is 0 Å². The lowest BCUT2D eigenvalue weighted by Crippen LogP contribution is -2.11. The van der Waals surface area contributed by atoms with Gasteiger partial charge in [0.2, 0.25) is 0 Å². The van der Waals surface area contributed by atoms with Crippen LogP contribution < -0.4 is 4.90 Å². The summed E-state index contributed by atoms with van der Waals surface area (Å²) < 4.78 is 6.71. The Morgan fingerprint density at radius 2 is 0.911 bits per heavy atom. The minimum absolute atomic E-state index is 0.865. The van der Waals surface area contributed by atoms with E-state index < -0.39 is 0 Å². The summed E-state index contributed by atoms with van der Waals surface area (Å²) in [5.74, 6) is 0. The zero-order valence-electron chi connectivity index (χ0n) is 30.6. The molecule has 0 bridgehead atoms. The second-order valence-electron chi connectivity index (χ2n) is 14.4. The van der Waals surface area contributed by atoms with Crippen LogP contribution in [-0.2, 0) is 0 Å². The van der Waals surface area contributed by atoms with Crippen LogP contribution in [0.1, 0.15) is 0 Å². The van der Waals surface area contributed by atoms with Gasteiger partial charge in [0.1, 0.15) is 11.2 Å². The molecule has 0 aliphatic carbocycles. The molecule has 2 nitrogen and oxygen atoms in total. The molecular weight excluding hydrogens is 679 g/mol. The maximum Gasteiger partial charge on any atom is 0.143 e. The highest BCUT2D eigenvalue weighted by Gasteiger charge is 2.23. The van der Waals surface area contributed by atoms with Crippen molar-refractivity contribution < 1.29 is 4.42 Å². The molecule has 56 heavy (non-hydrogen) atoms. The normalized spacial score (nSPS) is 11.6. The fourth-order valence-corrected chi connectivity index (χ4v) is 8.60. The van der Waals surface area contributed by atoms with Gasteiger partial charge in [0.25, 0.3) is 0 Å². The first-order chi connectivity index (χ1) is 27.8. The van der Waals surface area contributed by atoms with E-state index >= 15 is 0 Å². The summed E-state index contributed by atoms with van der Waals surface area (Å²) in [6.45, 7) is 0. The van der Waals surface area contributed by atoms with E-state index in [4.69, 9.17) is 4.42 Å². The lowest BCUT2D eigenvalue weighted by Gasteiger charge is -2.28. The summed E-state index contributed by atoms with van der Waals surface area (Å²) in [4.78, 5) is 2.40. The molecule has 0 aliphatic heterocycles. The number of rotatable bonds is 6. The lowest BCUT2D eigenvalue weighted by molar-refractivity contribution is 0.672. The van der Waals surface area contributed by atoms with Gasteiger partial charge < -0.3 is 9.32 Å². The van der Waals surface area contributed by atoms with Gasteiger partial charge in [0.15, 0.2) is 0 Å². The Labute approximate surface area is 325 Å². The second kappa shape index (κ2) is 13.2. The maximum atomic E-state index is 6.71. The third-order valence-corrected chi connectivity index (χ3v) is 11.3. The van der Waals surface area contributed by atoms with Crippen LogP contribution in [0.2, 0.25) is 0 Å². The van der Waals surface area contributed by atoms with E-state index in [0.29, 0.717) is 0 Å². The summed E-state index contributed by atoms with van der Waals surface area (Å²) in [5.41, 5.74) is 12.1. The van der Waals surface area contributed by atoms with E-state index in [9.17, 15) is 0 Å². The number of furan rings is 1. The third-order valence-electron chi connectivity index (χ3n) is 11.3. The number of para-hydroxylation sites is 1. The van der Waals surface area contributed by atoms with E-state index in [-0.39, 0.29) is 0 Å². The monoisotopic (exact) mass is 713 g/mol. The van der Waals surface area contributed by atoms with Gasteiger partial charge in [-0.05, 0) is 97.2 Å². The first kappa shape index (κ1) is 32.0. The van der Waals surface area contributed by atoms with Crippen LogP contribution in [0.15, 0.2) is 217 Å². The Morgan fingerprint density at radius 3 is 1.71 bits per heavy atom. The number of hydrogen-bond donors (Lipinski definition) is 0. The SMILES string of the molecule is c1ccc(-c2ccc(N(c3ccccc3-c3ccc(-c4cc5ccccc5c5ccccc45)cc3)c3cccc4oc5c6ccccc6ccc5c34)cc2)cc1. The summed E-state index contributed by atoms with van der Waals surface area (Å²) in [7, 11) is 0. The number of benzene rings is 10. The van der Waals surface area contributed by atoms with Crippen molar-refractivity contribution in [2.24, 2.45) is 0 Å². The Bertz CT molecular complexity index is 3230. The first-order valence-electron chi connectivity index (χ1n) is 19.2. The van der Waals surface area contributed by atoms with Crippen molar-refractivity contribution >= 4 is 71.3 Å². The summed E-state index contributed by atoms with van der Waals surface area (Å²) in [6, 6.07) is 76.4. The van der Waals surface area contributed by atoms with Gasteiger partial charge in [0.05, 0.1) is 16.8 Å². The number of fused-ring (bicyclic) bond motifs is 8. The molecule has 0 N–H and O–H groups in total. The average Bonchev–Trinajstić information content (AvgIpc) is 3.67. The van der Waals surface area contributed by atoms with Gasteiger partial charge in [-0.25, -0.2) is 0 Å². The molecule has 0 atom stereocenters. The fraction of sp³-hybridized carbons (Fsp3) is 0. The minimum Gasteiger partial charge on any atom is -0.455 e. The molecule has 10 aromatic carbocycles. The highest BCUT2D eigenvalue weighted by Crippen LogP contribution is 2.47. The largest absolute Gasteiger partial charge is 0.455 e. The zero-order valence-corrected chi connectivity index (χ0v) is 30.6. The molecule has 1 heterocycles. The number of anilines is 3. The molecular formula is C54H35NO. The molecule has 0 spiro atoms. The lowest BCUT2D eigenvalue weighted by atomic mass is 9.92. The van der Waals surface area contributed by atoms with Crippen LogP contribution in [0.5, 0.6) is 0 Å². The van der Waals surface area contributed by atoms with E-state index in [2.05, 4.69) is 217 Å². The van der Waals surface area contributed by atoms with Gasteiger partial charge in [0, 0.05) is 22.0 Å². The van der Waals surface area contributed by atoms with E-state index in [1.54, 1.807) is 0 Å². The van der Waals surface area contributed by atoms with Crippen LogP contribution >= 0.6 is 0 Å². The van der Waals surface area contributed by atoms with Crippen molar-refractivity contribution in [1.29, 1.82) is 0 Å². The molecule has 0 amide bonds. The summed E-state index contributed by atoms with van der Waals surface area (Å²) in [6.07, 6.45) is 0. The van der Waals surface area contributed by atoms with Gasteiger partial charge in [-0.3, -0.25) is 0 Å². The fourth-order valence-electron chi connectivity index (χ4n) is 8.60. The van der Waals surface area contributed by atoms with Gasteiger partial charge in [-0.15, -0.1) is 0 Å². The highest BCUT2D eigenvalue weighted by molar-refractivity contribution is 6.20. The van der Waals surface area contributed by atoms with Crippen molar-refractivity contribution in [2.75, 3.05) is 4.90 Å². The molecule has 0 unspecified atom stereocenters. The Balaban J connectivity index is 1.09. The van der Waals surface area contributed by atoms with Crippen molar-refractivity contribution in [1.82, 2.24) is 0 Å². The van der Waals surface area contributed by atoms with Crippen molar-refractivity contribution in [3.05, 3.63) is 212 Å². The van der Waals surface area contributed by atoms with Crippen LogP contribution in [0.3, 0.4) is 0 Å². The van der Waals surface area contributed by atoms with Crippen molar-refractivity contribution in [3.63, 3.8) is 0 Å². The molecule has 0 radical (unpaired) electrons. The van der Waals surface area contributed by atoms with E-state index in [0.717, 1.165) is 55.5 Å². The van der Waals surface area contributed by atoms with E-state index in [1.807, 2.05) is 0 Å². The van der Waals surface area contributed by atoms with Crippen LogP contribution in [0, 0.1) is 0 Å². The molecule has 0 fully saturated rings. The predicted octanol–water partition coefficient (Wildman–Crippen LogP) is 15.5. The topological polar surface area (TPSA) is 16.4 Å². The highest BCUT2D eigenvalue weighted by atomic mass is 16.3. The molecule has 11 rings (SSSR count). The average molecular weight is 714 g/mol. The smallest absolute Gasteiger partial charge is 0.143 e. The standard InChI is InChI=1S/C54H35NO/c1-2-13-36(14-3-1)37-29-32-42(33-30-37)55(51-23-12-24-52-53(51)48-34-31-38-15-4-7-19-45(38)54(48)56-52)50-22-11-10-18-44(50)39-25-27-40(28-26-39)49-35-41-16-5-6-17-43(41)46-20-8-9-21-47(46)49/h1-35H. The van der Waals surface area contributed by atoms with Crippen molar-refractivity contribution in [3.8, 4) is 33.4 Å². The quantitative estimate of drug-likeness (QED) is 0.160.